The van der Waals surface area contributed by atoms with Crippen LogP contribution in [0.1, 0.15) is 18.9 Å². The summed E-state index contributed by atoms with van der Waals surface area (Å²) < 4.78 is 11.3. The second kappa shape index (κ2) is 7.79. The number of para-hydroxylation sites is 2. The third-order valence-electron chi connectivity index (χ3n) is 3.13. The molecular weight excluding hydrogens is 286 g/mol. The van der Waals surface area contributed by atoms with E-state index < -0.39 is 0 Å². The minimum Gasteiger partial charge on any atom is -0.493 e. The lowest BCUT2D eigenvalue weighted by molar-refractivity contribution is 0.248. The standard InChI is InChI=1S/C17H20ClNO2/c1-2-13-12-14(8-9-15(13)18)20-10-5-11-21-17-7-4-3-6-16(17)19/h3-4,6-9,12H,2,5,10-11,19H2,1H3. The van der Waals surface area contributed by atoms with Crippen LogP contribution in [0.5, 0.6) is 11.5 Å². The fraction of sp³-hybridized carbons (Fsp3) is 0.294. The SMILES string of the molecule is CCc1cc(OCCCOc2ccccc2N)ccc1Cl. The van der Waals surface area contributed by atoms with Crippen molar-refractivity contribution in [3.8, 4) is 11.5 Å². The lowest BCUT2D eigenvalue weighted by atomic mass is 10.1. The largest absolute Gasteiger partial charge is 0.493 e. The lowest BCUT2D eigenvalue weighted by Crippen LogP contribution is -2.06. The summed E-state index contributed by atoms with van der Waals surface area (Å²) in [7, 11) is 0. The van der Waals surface area contributed by atoms with Crippen LogP contribution in [-0.4, -0.2) is 13.2 Å². The van der Waals surface area contributed by atoms with Gasteiger partial charge in [-0.25, -0.2) is 0 Å². The third-order valence-corrected chi connectivity index (χ3v) is 3.50. The molecule has 0 unspecified atom stereocenters. The van der Waals surface area contributed by atoms with Gasteiger partial charge in [0, 0.05) is 11.4 Å². The molecule has 4 heteroatoms. The Hall–Kier alpha value is -1.87. The van der Waals surface area contributed by atoms with Gasteiger partial charge >= 0.3 is 0 Å². The maximum absolute atomic E-state index is 6.08. The maximum atomic E-state index is 6.08. The molecule has 2 aromatic carbocycles. The summed E-state index contributed by atoms with van der Waals surface area (Å²) in [6, 6.07) is 13.2. The minimum absolute atomic E-state index is 0.572. The second-order valence-corrected chi connectivity index (χ2v) is 5.10. The van der Waals surface area contributed by atoms with E-state index in [-0.39, 0.29) is 0 Å². The zero-order valence-corrected chi connectivity index (χ0v) is 12.9. The third kappa shape index (κ3) is 4.57. The molecule has 0 bridgehead atoms. The van der Waals surface area contributed by atoms with Crippen LogP contribution < -0.4 is 15.2 Å². The number of nitrogens with two attached hydrogens (primary N) is 1. The molecule has 0 amide bonds. The zero-order valence-electron chi connectivity index (χ0n) is 12.1. The molecule has 0 aromatic heterocycles. The normalized spacial score (nSPS) is 10.4. The van der Waals surface area contributed by atoms with E-state index in [1.54, 1.807) is 0 Å². The summed E-state index contributed by atoms with van der Waals surface area (Å²) in [5, 5.41) is 0.785. The molecular formula is C17H20ClNO2. The first-order valence-electron chi connectivity index (χ1n) is 7.09. The Morgan fingerprint density at radius 2 is 1.81 bits per heavy atom. The van der Waals surface area contributed by atoms with Gasteiger partial charge in [-0.2, -0.15) is 0 Å². The first-order chi connectivity index (χ1) is 10.2. The van der Waals surface area contributed by atoms with Gasteiger partial charge in [-0.15, -0.1) is 0 Å². The predicted molar refractivity (Wildman–Crippen MR) is 87.3 cm³/mol. The smallest absolute Gasteiger partial charge is 0.142 e. The molecule has 0 saturated carbocycles. The van der Waals surface area contributed by atoms with Gasteiger partial charge in [-0.3, -0.25) is 0 Å². The molecule has 0 saturated heterocycles. The van der Waals surface area contributed by atoms with Crippen molar-refractivity contribution in [3.63, 3.8) is 0 Å². The first kappa shape index (κ1) is 15.5. The number of nitrogen functional groups attached to an aromatic ring is 1. The van der Waals surface area contributed by atoms with Gasteiger partial charge in [0.15, 0.2) is 0 Å². The number of hydrogen-bond donors (Lipinski definition) is 1. The van der Waals surface area contributed by atoms with E-state index in [0.717, 1.165) is 34.9 Å². The number of benzene rings is 2. The summed E-state index contributed by atoms with van der Waals surface area (Å²) in [6.45, 7) is 3.24. The van der Waals surface area contributed by atoms with Crippen molar-refractivity contribution in [2.75, 3.05) is 18.9 Å². The first-order valence-corrected chi connectivity index (χ1v) is 7.47. The van der Waals surface area contributed by atoms with Gasteiger partial charge in [0.2, 0.25) is 0 Å². The highest BCUT2D eigenvalue weighted by Crippen LogP contribution is 2.23. The highest BCUT2D eigenvalue weighted by atomic mass is 35.5. The van der Waals surface area contributed by atoms with Gasteiger partial charge in [-0.1, -0.05) is 30.7 Å². The van der Waals surface area contributed by atoms with Crippen LogP contribution in [-0.2, 0) is 6.42 Å². The fourth-order valence-corrected chi connectivity index (χ4v) is 2.21. The van der Waals surface area contributed by atoms with Crippen LogP contribution in [0, 0.1) is 0 Å². The molecule has 0 fully saturated rings. The van der Waals surface area contributed by atoms with Gasteiger partial charge in [0.25, 0.3) is 0 Å². The van der Waals surface area contributed by atoms with Crippen LogP contribution >= 0.6 is 11.6 Å². The number of hydrogen-bond acceptors (Lipinski definition) is 3. The Balaban J connectivity index is 1.74. The summed E-state index contributed by atoms with van der Waals surface area (Å²) >= 11 is 6.08. The Labute approximate surface area is 130 Å². The van der Waals surface area contributed by atoms with E-state index in [1.165, 1.54) is 0 Å². The molecule has 2 rings (SSSR count). The fourth-order valence-electron chi connectivity index (χ4n) is 1.95. The average Bonchev–Trinajstić information content (AvgIpc) is 2.50. The van der Waals surface area contributed by atoms with E-state index in [2.05, 4.69) is 6.92 Å². The van der Waals surface area contributed by atoms with Crippen LogP contribution in [0.2, 0.25) is 5.02 Å². The second-order valence-electron chi connectivity index (χ2n) is 4.70. The topological polar surface area (TPSA) is 44.5 Å². The molecule has 0 aliphatic carbocycles. The van der Waals surface area contributed by atoms with Crippen LogP contribution in [0.3, 0.4) is 0 Å². The van der Waals surface area contributed by atoms with E-state index in [1.807, 2.05) is 42.5 Å². The molecule has 0 heterocycles. The molecule has 0 radical (unpaired) electrons. The van der Waals surface area contributed by atoms with Crippen molar-refractivity contribution in [1.29, 1.82) is 0 Å². The lowest BCUT2D eigenvalue weighted by Gasteiger charge is -2.10. The van der Waals surface area contributed by atoms with Gasteiger partial charge in [0.05, 0.1) is 18.9 Å². The van der Waals surface area contributed by atoms with Gasteiger partial charge < -0.3 is 15.2 Å². The van der Waals surface area contributed by atoms with Crippen LogP contribution in [0.4, 0.5) is 5.69 Å². The van der Waals surface area contributed by atoms with Gasteiger partial charge in [-0.05, 0) is 42.3 Å². The van der Waals surface area contributed by atoms with Gasteiger partial charge in [0.1, 0.15) is 11.5 Å². The molecule has 2 N–H and O–H groups in total. The van der Waals surface area contributed by atoms with Crippen LogP contribution in [0.25, 0.3) is 0 Å². The maximum Gasteiger partial charge on any atom is 0.142 e. The average molecular weight is 306 g/mol. The molecule has 2 aromatic rings. The van der Waals surface area contributed by atoms with Crippen LogP contribution in [0.15, 0.2) is 42.5 Å². The summed E-state index contributed by atoms with van der Waals surface area (Å²) in [5.41, 5.74) is 7.56. The van der Waals surface area contributed by atoms with Crippen molar-refractivity contribution < 1.29 is 9.47 Å². The highest BCUT2D eigenvalue weighted by molar-refractivity contribution is 6.31. The number of rotatable bonds is 7. The van der Waals surface area contributed by atoms with E-state index in [4.69, 9.17) is 26.8 Å². The summed E-state index contributed by atoms with van der Waals surface area (Å²) in [6.07, 6.45) is 1.69. The van der Waals surface area contributed by atoms with Crippen molar-refractivity contribution in [2.24, 2.45) is 0 Å². The number of anilines is 1. The van der Waals surface area contributed by atoms with Crippen molar-refractivity contribution >= 4 is 17.3 Å². The zero-order chi connectivity index (χ0) is 15.1. The molecule has 0 atom stereocenters. The Bertz CT molecular complexity index is 587. The Morgan fingerprint density at radius 3 is 2.57 bits per heavy atom. The molecule has 0 spiro atoms. The van der Waals surface area contributed by atoms with Crippen molar-refractivity contribution in [3.05, 3.63) is 53.1 Å². The number of halogens is 1. The van der Waals surface area contributed by atoms with Crippen molar-refractivity contribution in [2.45, 2.75) is 19.8 Å². The monoisotopic (exact) mass is 305 g/mol. The summed E-state index contributed by atoms with van der Waals surface area (Å²) in [4.78, 5) is 0. The number of aryl methyl sites for hydroxylation is 1. The molecule has 0 aliphatic heterocycles. The Kier molecular flexibility index (Phi) is 5.76. The number of ether oxygens (including phenoxy) is 2. The molecule has 21 heavy (non-hydrogen) atoms. The predicted octanol–water partition coefficient (Wildman–Crippen LogP) is 4.33. The molecule has 3 nitrogen and oxygen atoms in total. The molecule has 112 valence electrons. The molecule has 0 aliphatic rings. The van der Waals surface area contributed by atoms with Crippen molar-refractivity contribution in [1.82, 2.24) is 0 Å². The van der Waals surface area contributed by atoms with E-state index in [9.17, 15) is 0 Å². The minimum atomic E-state index is 0.572. The van der Waals surface area contributed by atoms with E-state index in [0.29, 0.717) is 18.9 Å². The highest BCUT2D eigenvalue weighted by Gasteiger charge is 2.02. The Morgan fingerprint density at radius 1 is 1.05 bits per heavy atom. The summed E-state index contributed by atoms with van der Waals surface area (Å²) in [5.74, 6) is 1.56. The van der Waals surface area contributed by atoms with E-state index >= 15 is 0 Å². The quantitative estimate of drug-likeness (QED) is 0.611.